The van der Waals surface area contributed by atoms with E-state index in [1.54, 1.807) is 18.2 Å². The summed E-state index contributed by atoms with van der Waals surface area (Å²) in [5.74, 6) is -0.493. The zero-order chi connectivity index (χ0) is 16.8. The lowest BCUT2D eigenvalue weighted by Gasteiger charge is -2.21. The van der Waals surface area contributed by atoms with Crippen LogP contribution in [0, 0.1) is 5.82 Å². The highest BCUT2D eigenvalue weighted by Gasteiger charge is 2.15. The van der Waals surface area contributed by atoms with Crippen LogP contribution in [0.5, 0.6) is 0 Å². The molecule has 0 radical (unpaired) electrons. The van der Waals surface area contributed by atoms with Gasteiger partial charge in [-0.3, -0.25) is 4.79 Å². The van der Waals surface area contributed by atoms with E-state index in [4.69, 9.17) is 0 Å². The SMILES string of the molecule is O=C(C=Cc1cccc(F)c1)NCc1ccccc1N1CCCC1. The number of hydrogen-bond donors (Lipinski definition) is 1. The van der Waals surface area contributed by atoms with E-state index in [-0.39, 0.29) is 11.7 Å². The maximum Gasteiger partial charge on any atom is 0.244 e. The van der Waals surface area contributed by atoms with E-state index in [2.05, 4.69) is 16.3 Å². The fourth-order valence-corrected chi connectivity index (χ4v) is 2.95. The summed E-state index contributed by atoms with van der Waals surface area (Å²) in [6, 6.07) is 14.3. The van der Waals surface area contributed by atoms with Crippen molar-refractivity contribution in [3.05, 3.63) is 71.6 Å². The molecule has 0 spiro atoms. The Balaban J connectivity index is 1.60. The van der Waals surface area contributed by atoms with Gasteiger partial charge in [0.05, 0.1) is 0 Å². The highest BCUT2D eigenvalue weighted by molar-refractivity contribution is 5.91. The van der Waals surface area contributed by atoms with Crippen molar-refractivity contribution < 1.29 is 9.18 Å². The first-order chi connectivity index (χ1) is 11.7. The lowest BCUT2D eigenvalue weighted by molar-refractivity contribution is -0.116. The van der Waals surface area contributed by atoms with Crippen molar-refractivity contribution in [3.8, 4) is 0 Å². The average molecular weight is 324 g/mol. The zero-order valence-electron chi connectivity index (χ0n) is 13.5. The minimum atomic E-state index is -0.308. The Labute approximate surface area is 141 Å². The smallest absolute Gasteiger partial charge is 0.244 e. The van der Waals surface area contributed by atoms with E-state index >= 15 is 0 Å². The summed E-state index contributed by atoms with van der Waals surface area (Å²) in [6.45, 7) is 2.63. The molecule has 2 aromatic rings. The van der Waals surface area contributed by atoms with Crippen molar-refractivity contribution in [2.45, 2.75) is 19.4 Å². The van der Waals surface area contributed by atoms with Crippen molar-refractivity contribution in [1.29, 1.82) is 0 Å². The van der Waals surface area contributed by atoms with Crippen molar-refractivity contribution in [2.75, 3.05) is 18.0 Å². The molecule has 1 amide bonds. The molecule has 1 saturated heterocycles. The number of amides is 1. The maximum atomic E-state index is 13.1. The summed E-state index contributed by atoms with van der Waals surface area (Å²) < 4.78 is 13.1. The zero-order valence-corrected chi connectivity index (χ0v) is 13.5. The van der Waals surface area contributed by atoms with E-state index < -0.39 is 0 Å². The van der Waals surface area contributed by atoms with Crippen LogP contribution in [0.2, 0.25) is 0 Å². The fraction of sp³-hybridized carbons (Fsp3) is 0.250. The fourth-order valence-electron chi connectivity index (χ4n) is 2.95. The summed E-state index contributed by atoms with van der Waals surface area (Å²) >= 11 is 0. The van der Waals surface area contributed by atoms with Crippen LogP contribution in [0.3, 0.4) is 0 Å². The number of anilines is 1. The summed E-state index contributed by atoms with van der Waals surface area (Å²) in [5, 5.41) is 2.90. The average Bonchev–Trinajstić information content (AvgIpc) is 3.13. The van der Waals surface area contributed by atoms with Gasteiger partial charge in [0.1, 0.15) is 5.82 Å². The molecule has 4 heteroatoms. The molecule has 1 N–H and O–H groups in total. The molecule has 124 valence electrons. The van der Waals surface area contributed by atoms with Crippen LogP contribution in [0.15, 0.2) is 54.6 Å². The standard InChI is InChI=1S/C20H21FN2O/c21-18-8-5-6-16(14-18)10-11-20(24)22-15-17-7-1-2-9-19(17)23-12-3-4-13-23/h1-2,5-11,14H,3-4,12-13,15H2,(H,22,24). The third-order valence-electron chi connectivity index (χ3n) is 4.17. The lowest BCUT2D eigenvalue weighted by atomic mass is 10.1. The molecular weight excluding hydrogens is 303 g/mol. The molecular formula is C20H21FN2O. The summed E-state index contributed by atoms with van der Waals surface area (Å²) in [4.78, 5) is 14.4. The number of hydrogen-bond acceptors (Lipinski definition) is 2. The van der Waals surface area contributed by atoms with Crippen LogP contribution >= 0.6 is 0 Å². The number of rotatable bonds is 5. The van der Waals surface area contributed by atoms with Gasteiger partial charge in [0, 0.05) is 31.4 Å². The molecule has 0 bridgehead atoms. The Morgan fingerprint density at radius 3 is 2.71 bits per heavy atom. The number of nitrogens with one attached hydrogen (secondary N) is 1. The van der Waals surface area contributed by atoms with Gasteiger partial charge >= 0.3 is 0 Å². The highest BCUT2D eigenvalue weighted by atomic mass is 19.1. The second-order valence-electron chi connectivity index (χ2n) is 5.93. The van der Waals surface area contributed by atoms with Gasteiger partial charge in [-0.05, 0) is 48.2 Å². The lowest BCUT2D eigenvalue weighted by Crippen LogP contribution is -2.24. The monoisotopic (exact) mass is 324 g/mol. The van der Waals surface area contributed by atoms with Gasteiger partial charge in [0.25, 0.3) is 0 Å². The van der Waals surface area contributed by atoms with Crippen LogP contribution in [0.1, 0.15) is 24.0 Å². The van der Waals surface area contributed by atoms with E-state index in [1.165, 1.54) is 36.7 Å². The first-order valence-electron chi connectivity index (χ1n) is 8.27. The Morgan fingerprint density at radius 2 is 1.92 bits per heavy atom. The first kappa shape index (κ1) is 16.2. The molecule has 0 atom stereocenters. The van der Waals surface area contributed by atoms with Crippen LogP contribution in [-0.2, 0) is 11.3 Å². The van der Waals surface area contributed by atoms with Crippen molar-refractivity contribution in [3.63, 3.8) is 0 Å². The molecule has 2 aromatic carbocycles. The second-order valence-corrected chi connectivity index (χ2v) is 5.93. The van der Waals surface area contributed by atoms with Gasteiger partial charge in [-0.15, -0.1) is 0 Å². The third kappa shape index (κ3) is 4.22. The molecule has 1 heterocycles. The highest BCUT2D eigenvalue weighted by Crippen LogP contribution is 2.24. The van der Waals surface area contributed by atoms with Crippen molar-refractivity contribution >= 4 is 17.7 Å². The number of halogens is 1. The predicted octanol–water partition coefficient (Wildman–Crippen LogP) is 3.76. The van der Waals surface area contributed by atoms with Crippen LogP contribution in [0.25, 0.3) is 6.08 Å². The van der Waals surface area contributed by atoms with Gasteiger partial charge < -0.3 is 10.2 Å². The minimum absolute atomic E-state index is 0.185. The molecule has 0 aliphatic carbocycles. The molecule has 24 heavy (non-hydrogen) atoms. The van der Waals surface area contributed by atoms with E-state index in [0.29, 0.717) is 12.1 Å². The van der Waals surface area contributed by atoms with Gasteiger partial charge in [-0.2, -0.15) is 0 Å². The van der Waals surface area contributed by atoms with Crippen molar-refractivity contribution in [2.24, 2.45) is 0 Å². The Bertz CT molecular complexity index is 736. The topological polar surface area (TPSA) is 32.3 Å². The molecule has 1 fully saturated rings. The number of carbonyl (C=O) groups is 1. The van der Waals surface area contributed by atoms with Crippen molar-refractivity contribution in [1.82, 2.24) is 5.32 Å². The molecule has 3 nitrogen and oxygen atoms in total. The quantitative estimate of drug-likeness (QED) is 0.850. The molecule has 0 aromatic heterocycles. The molecule has 1 aliphatic heterocycles. The third-order valence-corrected chi connectivity index (χ3v) is 4.17. The Morgan fingerprint density at radius 1 is 1.12 bits per heavy atom. The minimum Gasteiger partial charge on any atom is -0.371 e. The maximum absolute atomic E-state index is 13.1. The predicted molar refractivity (Wildman–Crippen MR) is 95.2 cm³/mol. The van der Waals surface area contributed by atoms with Crippen LogP contribution in [-0.4, -0.2) is 19.0 Å². The van der Waals surface area contributed by atoms with Crippen LogP contribution < -0.4 is 10.2 Å². The van der Waals surface area contributed by atoms with Gasteiger partial charge in [-0.1, -0.05) is 30.3 Å². The van der Waals surface area contributed by atoms with E-state index in [9.17, 15) is 9.18 Å². The largest absolute Gasteiger partial charge is 0.371 e. The Kier molecular flexibility index (Phi) is 5.26. The molecule has 0 saturated carbocycles. The number of benzene rings is 2. The summed E-state index contributed by atoms with van der Waals surface area (Å²) in [6.07, 6.45) is 5.49. The normalized spacial score (nSPS) is 14.3. The van der Waals surface area contributed by atoms with Gasteiger partial charge in [0.2, 0.25) is 5.91 Å². The number of para-hydroxylation sites is 1. The molecule has 1 aliphatic rings. The molecule has 0 unspecified atom stereocenters. The van der Waals surface area contributed by atoms with E-state index in [0.717, 1.165) is 18.7 Å². The number of carbonyl (C=O) groups excluding carboxylic acids is 1. The van der Waals surface area contributed by atoms with Gasteiger partial charge in [0.15, 0.2) is 0 Å². The molecule has 3 rings (SSSR count). The Hall–Kier alpha value is -2.62. The summed E-state index contributed by atoms with van der Waals surface area (Å²) in [5.41, 5.74) is 2.99. The second kappa shape index (κ2) is 7.77. The van der Waals surface area contributed by atoms with Gasteiger partial charge in [-0.25, -0.2) is 4.39 Å². The van der Waals surface area contributed by atoms with Crippen LogP contribution in [0.4, 0.5) is 10.1 Å². The summed E-state index contributed by atoms with van der Waals surface area (Å²) in [7, 11) is 0. The van der Waals surface area contributed by atoms with E-state index in [1.807, 2.05) is 18.2 Å². The number of nitrogens with zero attached hydrogens (tertiary/aromatic N) is 1. The first-order valence-corrected chi connectivity index (χ1v) is 8.27.